The first-order chi connectivity index (χ1) is 9.99. The van der Waals surface area contributed by atoms with Crippen LogP contribution < -0.4 is 5.32 Å². The van der Waals surface area contributed by atoms with Crippen molar-refractivity contribution < 1.29 is 4.79 Å². The van der Waals surface area contributed by atoms with Gasteiger partial charge in [0.15, 0.2) is 0 Å². The minimum absolute atomic E-state index is 0.0566. The molecular weight excluding hydrogens is 264 g/mol. The number of hydrogen-bond donors (Lipinski definition) is 1. The Morgan fingerprint density at radius 1 is 1.33 bits per heavy atom. The molecule has 1 aliphatic carbocycles. The maximum atomic E-state index is 12.2. The maximum absolute atomic E-state index is 12.2. The highest BCUT2D eigenvalue weighted by Gasteiger charge is 2.18. The summed E-state index contributed by atoms with van der Waals surface area (Å²) >= 11 is 0. The minimum atomic E-state index is 0.0566. The van der Waals surface area contributed by atoms with Gasteiger partial charge in [0, 0.05) is 32.4 Å². The molecule has 0 aromatic carbocycles. The van der Waals surface area contributed by atoms with Crippen molar-refractivity contribution in [3.8, 4) is 0 Å². The zero-order valence-electron chi connectivity index (χ0n) is 13.8. The predicted octanol–water partition coefficient (Wildman–Crippen LogP) is 2.55. The molecular formula is C16H28N4O. The highest BCUT2D eigenvalue weighted by molar-refractivity contribution is 5.74. The van der Waals surface area contributed by atoms with E-state index in [9.17, 15) is 4.79 Å². The quantitative estimate of drug-likeness (QED) is 0.927. The SMILES string of the molecule is Cc1nn(C)c(C)c1CCN(C)C(=O)NC1CCCCC1. The molecule has 1 N–H and O–H groups in total. The van der Waals surface area contributed by atoms with Gasteiger partial charge in [0.2, 0.25) is 0 Å². The van der Waals surface area contributed by atoms with E-state index in [1.165, 1.54) is 30.5 Å². The zero-order valence-corrected chi connectivity index (χ0v) is 13.8. The van der Waals surface area contributed by atoms with Crippen LogP contribution in [0.15, 0.2) is 0 Å². The molecule has 0 radical (unpaired) electrons. The number of nitrogens with one attached hydrogen (secondary N) is 1. The van der Waals surface area contributed by atoms with Gasteiger partial charge in [0.1, 0.15) is 0 Å². The number of rotatable bonds is 4. The second-order valence-electron chi connectivity index (χ2n) is 6.23. The second kappa shape index (κ2) is 6.96. The Bertz CT molecular complexity index is 489. The van der Waals surface area contributed by atoms with Crippen molar-refractivity contribution >= 4 is 6.03 Å². The van der Waals surface area contributed by atoms with Crippen molar-refractivity contribution in [3.63, 3.8) is 0 Å². The molecule has 1 aromatic rings. The van der Waals surface area contributed by atoms with E-state index in [1.54, 1.807) is 4.90 Å². The summed E-state index contributed by atoms with van der Waals surface area (Å²) in [7, 11) is 3.84. The maximum Gasteiger partial charge on any atom is 0.317 e. The molecule has 0 aliphatic heterocycles. The number of likely N-dealkylation sites (N-methyl/N-ethyl adjacent to an activating group) is 1. The van der Waals surface area contributed by atoms with Crippen molar-refractivity contribution in [2.45, 2.75) is 58.4 Å². The van der Waals surface area contributed by atoms with Crippen molar-refractivity contribution in [1.29, 1.82) is 0 Å². The number of aromatic nitrogens is 2. The largest absolute Gasteiger partial charge is 0.335 e. The highest BCUT2D eigenvalue weighted by Crippen LogP contribution is 2.17. The van der Waals surface area contributed by atoms with E-state index in [2.05, 4.69) is 17.3 Å². The molecule has 1 aliphatic rings. The Morgan fingerprint density at radius 2 is 2.00 bits per heavy atom. The van der Waals surface area contributed by atoms with Gasteiger partial charge in [0.25, 0.3) is 0 Å². The first-order valence-corrected chi connectivity index (χ1v) is 7.99. The van der Waals surface area contributed by atoms with Crippen molar-refractivity contribution in [2.24, 2.45) is 7.05 Å². The number of aryl methyl sites for hydroxylation is 2. The van der Waals surface area contributed by atoms with Gasteiger partial charge in [-0.1, -0.05) is 19.3 Å². The van der Waals surface area contributed by atoms with Crippen LogP contribution in [0.25, 0.3) is 0 Å². The molecule has 1 fully saturated rings. The topological polar surface area (TPSA) is 50.2 Å². The molecule has 5 nitrogen and oxygen atoms in total. The van der Waals surface area contributed by atoms with Gasteiger partial charge in [-0.2, -0.15) is 5.10 Å². The van der Waals surface area contributed by atoms with E-state index in [0.29, 0.717) is 6.04 Å². The van der Waals surface area contributed by atoms with Crippen LogP contribution in [0.3, 0.4) is 0 Å². The van der Waals surface area contributed by atoms with E-state index in [4.69, 9.17) is 0 Å². The van der Waals surface area contributed by atoms with Crippen molar-refractivity contribution in [3.05, 3.63) is 17.0 Å². The molecule has 0 spiro atoms. The summed E-state index contributed by atoms with van der Waals surface area (Å²) in [6.45, 7) is 4.84. The molecule has 1 aromatic heterocycles. The lowest BCUT2D eigenvalue weighted by atomic mass is 9.96. The standard InChI is InChI=1S/C16H28N4O/c1-12-15(13(2)20(4)18-12)10-11-19(3)16(21)17-14-8-6-5-7-9-14/h14H,5-11H2,1-4H3,(H,17,21). The molecule has 21 heavy (non-hydrogen) atoms. The third-order valence-electron chi connectivity index (χ3n) is 4.64. The molecule has 1 saturated carbocycles. The van der Waals surface area contributed by atoms with Crippen LogP contribution in [-0.4, -0.2) is 40.3 Å². The first kappa shape index (κ1) is 15.9. The van der Waals surface area contributed by atoms with Crippen LogP contribution in [0.1, 0.15) is 49.1 Å². The van der Waals surface area contributed by atoms with Crippen LogP contribution in [0.4, 0.5) is 4.79 Å². The van der Waals surface area contributed by atoms with Crippen LogP contribution >= 0.6 is 0 Å². The fourth-order valence-corrected chi connectivity index (χ4v) is 3.09. The smallest absolute Gasteiger partial charge is 0.317 e. The molecule has 5 heteroatoms. The lowest BCUT2D eigenvalue weighted by Crippen LogP contribution is -2.44. The Balaban J connectivity index is 1.83. The van der Waals surface area contributed by atoms with Gasteiger partial charge in [-0.05, 0) is 38.7 Å². The van der Waals surface area contributed by atoms with E-state index >= 15 is 0 Å². The Labute approximate surface area is 127 Å². The van der Waals surface area contributed by atoms with E-state index in [1.807, 2.05) is 25.7 Å². The number of amides is 2. The Hall–Kier alpha value is -1.52. The molecule has 0 bridgehead atoms. The van der Waals surface area contributed by atoms with Gasteiger partial charge in [-0.15, -0.1) is 0 Å². The van der Waals surface area contributed by atoms with E-state index in [0.717, 1.165) is 31.5 Å². The summed E-state index contributed by atoms with van der Waals surface area (Å²) < 4.78 is 1.91. The molecule has 0 saturated heterocycles. The summed E-state index contributed by atoms with van der Waals surface area (Å²) in [6.07, 6.45) is 6.90. The summed E-state index contributed by atoms with van der Waals surface area (Å²) in [6, 6.07) is 0.427. The van der Waals surface area contributed by atoms with E-state index in [-0.39, 0.29) is 6.03 Å². The number of carbonyl (C=O) groups excluding carboxylic acids is 1. The number of urea groups is 1. The lowest BCUT2D eigenvalue weighted by Gasteiger charge is -2.26. The molecule has 118 valence electrons. The molecule has 0 unspecified atom stereocenters. The summed E-state index contributed by atoms with van der Waals surface area (Å²) in [4.78, 5) is 14.0. The number of nitrogens with zero attached hydrogens (tertiary/aromatic N) is 3. The predicted molar refractivity (Wildman–Crippen MR) is 84.4 cm³/mol. The van der Waals surface area contributed by atoms with Gasteiger partial charge in [0.05, 0.1) is 5.69 Å². The average molecular weight is 292 g/mol. The van der Waals surface area contributed by atoms with Gasteiger partial charge in [-0.25, -0.2) is 4.79 Å². The average Bonchev–Trinajstić information content (AvgIpc) is 2.71. The lowest BCUT2D eigenvalue weighted by molar-refractivity contribution is 0.201. The highest BCUT2D eigenvalue weighted by atomic mass is 16.2. The molecule has 2 amide bonds. The van der Waals surface area contributed by atoms with E-state index < -0.39 is 0 Å². The van der Waals surface area contributed by atoms with Gasteiger partial charge >= 0.3 is 6.03 Å². The van der Waals surface area contributed by atoms with Gasteiger partial charge in [-0.3, -0.25) is 4.68 Å². The van der Waals surface area contributed by atoms with Crippen LogP contribution in [-0.2, 0) is 13.5 Å². The Morgan fingerprint density at radius 3 is 2.57 bits per heavy atom. The third kappa shape index (κ3) is 3.99. The normalized spacial score (nSPS) is 16.0. The second-order valence-corrected chi connectivity index (χ2v) is 6.23. The third-order valence-corrected chi connectivity index (χ3v) is 4.64. The minimum Gasteiger partial charge on any atom is -0.335 e. The van der Waals surface area contributed by atoms with Crippen molar-refractivity contribution in [2.75, 3.05) is 13.6 Å². The number of hydrogen-bond acceptors (Lipinski definition) is 2. The summed E-state index contributed by atoms with van der Waals surface area (Å²) in [5.41, 5.74) is 3.51. The number of carbonyl (C=O) groups is 1. The summed E-state index contributed by atoms with van der Waals surface area (Å²) in [5.74, 6) is 0. The van der Waals surface area contributed by atoms with Crippen LogP contribution in [0.5, 0.6) is 0 Å². The van der Waals surface area contributed by atoms with Crippen molar-refractivity contribution in [1.82, 2.24) is 20.0 Å². The fourth-order valence-electron chi connectivity index (χ4n) is 3.09. The molecule has 2 rings (SSSR count). The van der Waals surface area contributed by atoms with Crippen LogP contribution in [0.2, 0.25) is 0 Å². The fraction of sp³-hybridized carbons (Fsp3) is 0.750. The van der Waals surface area contributed by atoms with Gasteiger partial charge < -0.3 is 10.2 Å². The summed E-state index contributed by atoms with van der Waals surface area (Å²) in [5, 5.41) is 7.58. The molecule has 0 atom stereocenters. The van der Waals surface area contributed by atoms with Crippen LogP contribution in [0, 0.1) is 13.8 Å². The first-order valence-electron chi connectivity index (χ1n) is 7.99. The molecule has 1 heterocycles. The monoisotopic (exact) mass is 292 g/mol. The zero-order chi connectivity index (χ0) is 15.4. The Kier molecular flexibility index (Phi) is 5.26.